The topological polar surface area (TPSA) is 72.6 Å². The van der Waals surface area contributed by atoms with E-state index in [9.17, 15) is 4.79 Å². The molecule has 0 aromatic carbocycles. The Morgan fingerprint density at radius 3 is 2.38 bits per heavy atom. The van der Waals surface area contributed by atoms with Crippen LogP contribution in [-0.2, 0) is 23.7 Å². The summed E-state index contributed by atoms with van der Waals surface area (Å²) >= 11 is 0. The summed E-state index contributed by atoms with van der Waals surface area (Å²) in [6.07, 6.45) is 9.17. The number of hydrogen-bond donors (Lipinski definition) is 1. The fraction of sp³-hybridized carbons (Fsp3) is 0.893. The molecule has 34 heavy (non-hydrogen) atoms. The molecule has 6 nitrogen and oxygen atoms in total. The van der Waals surface area contributed by atoms with Crippen molar-refractivity contribution in [3.63, 3.8) is 0 Å². The number of rotatable bonds is 8. The molecule has 0 aromatic heterocycles. The van der Waals surface area contributed by atoms with E-state index in [1.807, 2.05) is 0 Å². The van der Waals surface area contributed by atoms with Crippen LogP contribution in [0, 0.1) is 17.3 Å². The van der Waals surface area contributed by atoms with Gasteiger partial charge in [0.25, 0.3) is 0 Å². The predicted octanol–water partition coefficient (Wildman–Crippen LogP) is 4.80. The largest absolute Gasteiger partial charge is 0.459 e. The van der Waals surface area contributed by atoms with Crippen LogP contribution in [0.3, 0.4) is 0 Å². The molecular weight excluding hydrogens is 430 g/mol. The lowest BCUT2D eigenvalue weighted by Gasteiger charge is -2.42. The van der Waals surface area contributed by atoms with Crippen molar-refractivity contribution in [3.05, 3.63) is 11.6 Å². The molecule has 1 N–H and O–H groups in total. The number of ether oxygens (including phenoxy) is 4. The number of nitrogens with one attached hydrogen (secondary N) is 1. The lowest BCUT2D eigenvalue weighted by molar-refractivity contribution is -0.171. The van der Waals surface area contributed by atoms with Gasteiger partial charge in [-0.2, -0.15) is 0 Å². The summed E-state index contributed by atoms with van der Waals surface area (Å²) in [4.78, 5) is 12.8. The highest BCUT2D eigenvalue weighted by Gasteiger charge is 2.72. The average molecular weight is 478 g/mol. The zero-order valence-corrected chi connectivity index (χ0v) is 22.4. The molecule has 6 heteroatoms. The number of hydrogen-bond acceptors (Lipinski definition) is 6. The van der Waals surface area contributed by atoms with Gasteiger partial charge in [-0.15, -0.1) is 0 Å². The van der Waals surface area contributed by atoms with Crippen LogP contribution in [0.2, 0.25) is 0 Å². The summed E-state index contributed by atoms with van der Waals surface area (Å²) in [7, 11) is 1.72. The number of allylic oxidation sites excluding steroid dienone is 1. The van der Waals surface area contributed by atoms with Crippen molar-refractivity contribution in [3.8, 4) is 0 Å². The molecule has 2 heterocycles. The zero-order chi connectivity index (χ0) is 24.7. The van der Waals surface area contributed by atoms with Gasteiger partial charge in [0, 0.05) is 13.2 Å². The molecule has 2 saturated heterocycles. The van der Waals surface area contributed by atoms with E-state index in [0.29, 0.717) is 11.5 Å². The van der Waals surface area contributed by atoms with E-state index in [2.05, 4.69) is 52.9 Å². The lowest BCUT2D eigenvalue weighted by atomic mass is 9.68. The van der Waals surface area contributed by atoms with Crippen molar-refractivity contribution in [1.29, 1.82) is 0 Å². The van der Waals surface area contributed by atoms with Crippen molar-refractivity contribution in [2.75, 3.05) is 20.3 Å². The van der Waals surface area contributed by atoms with Crippen LogP contribution in [0.1, 0.15) is 86.5 Å². The molecule has 2 aliphatic carbocycles. The molecular formula is C28H47NO5. The van der Waals surface area contributed by atoms with Crippen LogP contribution in [0.25, 0.3) is 0 Å². The van der Waals surface area contributed by atoms with Gasteiger partial charge < -0.3 is 24.3 Å². The fourth-order valence-corrected chi connectivity index (χ4v) is 6.67. The van der Waals surface area contributed by atoms with Crippen LogP contribution < -0.4 is 5.32 Å². The molecule has 0 amide bonds. The molecule has 4 rings (SSSR count). The summed E-state index contributed by atoms with van der Waals surface area (Å²) in [6, 6.07) is 0.404. The smallest absolute Gasteiger partial charge is 0.320 e. The average Bonchev–Trinajstić information content (AvgIpc) is 3.69. The van der Waals surface area contributed by atoms with Crippen molar-refractivity contribution in [2.45, 2.75) is 122 Å². The highest BCUT2D eigenvalue weighted by molar-refractivity contribution is 5.72. The van der Waals surface area contributed by atoms with E-state index in [0.717, 1.165) is 44.6 Å². The Morgan fingerprint density at radius 1 is 1.15 bits per heavy atom. The van der Waals surface area contributed by atoms with Gasteiger partial charge in [-0.1, -0.05) is 32.4 Å². The Labute approximate surface area is 206 Å². The highest BCUT2D eigenvalue weighted by atomic mass is 16.6. The zero-order valence-electron chi connectivity index (χ0n) is 22.4. The van der Waals surface area contributed by atoms with Gasteiger partial charge in [0.05, 0.1) is 25.2 Å². The quantitative estimate of drug-likeness (QED) is 0.308. The van der Waals surface area contributed by atoms with Gasteiger partial charge in [-0.3, -0.25) is 4.79 Å². The fourth-order valence-electron chi connectivity index (χ4n) is 6.67. The molecule has 4 fully saturated rings. The van der Waals surface area contributed by atoms with Gasteiger partial charge in [-0.05, 0) is 77.0 Å². The number of esters is 1. The van der Waals surface area contributed by atoms with Gasteiger partial charge in [0.1, 0.15) is 23.4 Å². The second kappa shape index (κ2) is 9.84. The van der Waals surface area contributed by atoms with Crippen LogP contribution >= 0.6 is 0 Å². The standard InChI is InChI=1S/C28H47NO5/c1-18(2)8-13-22-27(6,34-22)25-24(31-7)21(14-15-28(25)17-32-28)33-23(30)16-29-20-11-9-19(10-12-20)26(3,4)5/h8,19-22,24-25,29H,9-17H2,1-7H3. The number of carbonyl (C=O) groups is 1. The first-order chi connectivity index (χ1) is 16.0. The number of carbonyl (C=O) groups excluding carboxylic acids is 1. The lowest BCUT2D eigenvalue weighted by Crippen LogP contribution is -2.56. The Bertz CT molecular complexity index is 757. The summed E-state index contributed by atoms with van der Waals surface area (Å²) < 4.78 is 24.3. The Balaban J connectivity index is 1.31. The van der Waals surface area contributed by atoms with Crippen molar-refractivity contribution >= 4 is 5.97 Å². The maximum atomic E-state index is 12.8. The predicted molar refractivity (Wildman–Crippen MR) is 133 cm³/mol. The Hall–Kier alpha value is -0.950. The van der Waals surface area contributed by atoms with E-state index in [4.69, 9.17) is 18.9 Å². The first kappa shape index (κ1) is 26.1. The maximum Gasteiger partial charge on any atom is 0.320 e. The maximum absolute atomic E-state index is 12.8. The molecule has 0 bridgehead atoms. The first-order valence-corrected chi connectivity index (χ1v) is 13.4. The SMILES string of the molecule is COC1C(OC(=O)CNC2CCC(C(C)(C)C)CC2)CCC2(CO2)C1C1(C)OC1CC=C(C)C. The van der Waals surface area contributed by atoms with Crippen LogP contribution in [0.4, 0.5) is 0 Å². The van der Waals surface area contributed by atoms with Gasteiger partial charge in [-0.25, -0.2) is 0 Å². The van der Waals surface area contributed by atoms with Crippen LogP contribution in [0.15, 0.2) is 11.6 Å². The highest BCUT2D eigenvalue weighted by Crippen LogP contribution is 2.59. The third kappa shape index (κ3) is 5.55. The minimum atomic E-state index is -0.307. The third-order valence-corrected chi connectivity index (χ3v) is 9.01. The van der Waals surface area contributed by atoms with Crippen molar-refractivity contribution < 1.29 is 23.7 Å². The molecule has 2 saturated carbocycles. The van der Waals surface area contributed by atoms with Gasteiger partial charge >= 0.3 is 5.97 Å². The molecule has 6 unspecified atom stereocenters. The number of methoxy groups -OCH3 is 1. The minimum absolute atomic E-state index is 0.0627. The van der Waals surface area contributed by atoms with E-state index in [-0.39, 0.29) is 47.9 Å². The Kier molecular flexibility index (Phi) is 7.56. The monoisotopic (exact) mass is 477 g/mol. The summed E-state index contributed by atoms with van der Waals surface area (Å²) in [5, 5.41) is 3.46. The summed E-state index contributed by atoms with van der Waals surface area (Å²) in [5.74, 6) is 0.648. The molecule has 0 radical (unpaired) electrons. The van der Waals surface area contributed by atoms with E-state index >= 15 is 0 Å². The molecule has 4 aliphatic rings. The second-order valence-electron chi connectivity index (χ2n) is 12.7. The normalized spacial score (nSPS) is 41.7. The van der Waals surface area contributed by atoms with Gasteiger partial charge in [0.15, 0.2) is 0 Å². The molecule has 2 aliphatic heterocycles. The summed E-state index contributed by atoms with van der Waals surface area (Å²) in [5.41, 5.74) is 1.17. The Morgan fingerprint density at radius 2 is 1.82 bits per heavy atom. The van der Waals surface area contributed by atoms with Crippen molar-refractivity contribution in [1.82, 2.24) is 5.32 Å². The van der Waals surface area contributed by atoms with Gasteiger partial charge in [0.2, 0.25) is 0 Å². The van der Waals surface area contributed by atoms with Crippen LogP contribution in [0.5, 0.6) is 0 Å². The van der Waals surface area contributed by atoms with Crippen molar-refractivity contribution in [2.24, 2.45) is 17.3 Å². The van der Waals surface area contributed by atoms with E-state index in [1.54, 1.807) is 7.11 Å². The minimum Gasteiger partial charge on any atom is -0.459 e. The number of epoxide rings is 2. The second-order valence-corrected chi connectivity index (χ2v) is 12.7. The molecule has 1 spiro atoms. The third-order valence-electron chi connectivity index (χ3n) is 9.01. The summed E-state index contributed by atoms with van der Waals surface area (Å²) in [6.45, 7) is 14.4. The first-order valence-electron chi connectivity index (χ1n) is 13.4. The molecule has 6 atom stereocenters. The van der Waals surface area contributed by atoms with Crippen LogP contribution in [-0.4, -0.2) is 61.8 Å². The van der Waals surface area contributed by atoms with E-state index < -0.39 is 0 Å². The molecule has 194 valence electrons. The van der Waals surface area contributed by atoms with E-state index in [1.165, 1.54) is 18.4 Å². The molecule has 0 aromatic rings.